The lowest BCUT2D eigenvalue weighted by atomic mass is 10.1. The molecule has 0 aliphatic rings. The van der Waals surface area contributed by atoms with E-state index in [1.54, 1.807) is 18.2 Å². The van der Waals surface area contributed by atoms with E-state index in [4.69, 9.17) is 0 Å². The molecule has 25 heavy (non-hydrogen) atoms. The highest BCUT2D eigenvalue weighted by Crippen LogP contribution is 2.26. The summed E-state index contributed by atoms with van der Waals surface area (Å²) >= 11 is 7.62. The van der Waals surface area contributed by atoms with Gasteiger partial charge in [0.15, 0.2) is 0 Å². The number of nitrogens with zero attached hydrogens (tertiary/aromatic N) is 1. The molecule has 1 rings (SSSR count). The summed E-state index contributed by atoms with van der Waals surface area (Å²) in [5.41, 5.74) is 3.39. The van der Waals surface area contributed by atoms with Crippen molar-refractivity contribution in [1.82, 2.24) is 9.73 Å². The number of carbonyl (C=O) groups is 1. The zero-order valence-electron chi connectivity index (χ0n) is 14.2. The summed E-state index contributed by atoms with van der Waals surface area (Å²) in [6, 6.07) is 4.98. The number of rotatable bonds is 6. The quantitative estimate of drug-likeness (QED) is 0.415. The van der Waals surface area contributed by atoms with Gasteiger partial charge in [-0.3, -0.25) is 4.79 Å². The van der Waals surface area contributed by atoms with Gasteiger partial charge in [-0.1, -0.05) is 35.3 Å². The Hall–Kier alpha value is -1.19. The maximum atomic E-state index is 12.4. The van der Waals surface area contributed by atoms with Gasteiger partial charge < -0.3 is 10.7 Å². The van der Waals surface area contributed by atoms with Gasteiger partial charge in [-0.05, 0) is 45.4 Å². The summed E-state index contributed by atoms with van der Waals surface area (Å²) in [5, 5.41) is 2.41. The van der Waals surface area contributed by atoms with E-state index >= 15 is 0 Å². The van der Waals surface area contributed by atoms with E-state index in [0.717, 1.165) is 0 Å². The van der Waals surface area contributed by atoms with Crippen LogP contribution in [-0.2, 0) is 0 Å². The Morgan fingerprint density at radius 3 is 2.44 bits per heavy atom. The van der Waals surface area contributed by atoms with Crippen molar-refractivity contribution < 1.29 is 18.0 Å². The van der Waals surface area contributed by atoms with Crippen molar-refractivity contribution in [3.05, 3.63) is 40.5 Å². The highest BCUT2D eigenvalue weighted by molar-refractivity contribution is 9.10. The van der Waals surface area contributed by atoms with E-state index in [2.05, 4.69) is 46.1 Å². The van der Waals surface area contributed by atoms with Crippen LogP contribution in [0.15, 0.2) is 34.9 Å². The Morgan fingerprint density at radius 1 is 1.32 bits per heavy atom. The minimum absolute atomic E-state index is 0.00630. The number of carbonyl (C=O) groups excluding carboxylic acids is 1. The summed E-state index contributed by atoms with van der Waals surface area (Å²) in [5.74, 6) is -0.549. The van der Waals surface area contributed by atoms with Gasteiger partial charge in [0.1, 0.15) is 0 Å². The van der Waals surface area contributed by atoms with Crippen molar-refractivity contribution in [2.75, 3.05) is 5.43 Å². The van der Waals surface area contributed by atoms with Gasteiger partial charge in [0.05, 0.1) is 11.3 Å². The third-order valence-electron chi connectivity index (χ3n) is 3.09. The maximum Gasteiger partial charge on any atom is 0.389 e. The summed E-state index contributed by atoms with van der Waals surface area (Å²) < 4.78 is 39.0. The van der Waals surface area contributed by atoms with E-state index in [1.165, 1.54) is 4.41 Å². The zero-order chi connectivity index (χ0) is 19.4. The van der Waals surface area contributed by atoms with Gasteiger partial charge in [-0.2, -0.15) is 17.6 Å². The van der Waals surface area contributed by atoms with Crippen molar-refractivity contribution in [2.45, 2.75) is 45.3 Å². The lowest BCUT2D eigenvalue weighted by Crippen LogP contribution is -2.38. The molecule has 0 aromatic heterocycles. The average Bonchev–Trinajstić information content (AvgIpc) is 2.45. The highest BCUT2D eigenvalue weighted by Gasteiger charge is 2.27. The average molecular weight is 440 g/mol. The molecule has 4 nitrogen and oxygen atoms in total. The van der Waals surface area contributed by atoms with Crippen LogP contribution in [0.1, 0.15) is 44.0 Å². The molecule has 0 radical (unpaired) electrons. The predicted molar refractivity (Wildman–Crippen MR) is 100 cm³/mol. The fraction of sp³-hybridized carbons (Fsp3) is 0.438. The maximum absolute atomic E-state index is 12.4. The number of allylic oxidation sites excluding steroid dienone is 1. The smallest absolute Gasteiger partial charge is 0.326 e. The number of nitrogens with one attached hydrogen (secondary N) is 2. The Labute approximate surface area is 159 Å². The van der Waals surface area contributed by atoms with Crippen molar-refractivity contribution in [3.8, 4) is 0 Å². The van der Waals surface area contributed by atoms with Crippen LogP contribution in [0, 0.1) is 0 Å². The lowest BCUT2D eigenvalue weighted by Gasteiger charge is -2.31. The van der Waals surface area contributed by atoms with Crippen LogP contribution >= 0.6 is 28.7 Å². The molecule has 0 aliphatic carbocycles. The van der Waals surface area contributed by atoms with Crippen LogP contribution < -0.4 is 10.7 Å². The molecule has 1 aromatic rings. The molecule has 0 heterocycles. The van der Waals surface area contributed by atoms with Gasteiger partial charge >= 0.3 is 6.18 Å². The van der Waals surface area contributed by atoms with Gasteiger partial charge in [-0.15, -0.1) is 0 Å². The van der Waals surface area contributed by atoms with E-state index in [1.807, 2.05) is 20.8 Å². The third kappa shape index (κ3) is 7.70. The van der Waals surface area contributed by atoms with Crippen LogP contribution in [0.5, 0.6) is 0 Å². The first kappa shape index (κ1) is 21.9. The number of halogens is 4. The summed E-state index contributed by atoms with van der Waals surface area (Å²) in [4.78, 5) is 12.4. The van der Waals surface area contributed by atoms with Crippen LogP contribution in [0.4, 0.5) is 18.9 Å². The van der Waals surface area contributed by atoms with Gasteiger partial charge in [0.2, 0.25) is 0 Å². The number of hydrazine groups is 1. The number of anilines is 1. The Balaban J connectivity index is 2.90. The van der Waals surface area contributed by atoms with Crippen molar-refractivity contribution in [2.24, 2.45) is 0 Å². The fourth-order valence-electron chi connectivity index (χ4n) is 1.67. The zero-order valence-corrected chi connectivity index (χ0v) is 16.6. The molecular formula is C16H21BrF3N3OS. The SMILES string of the molecule is C=C(CCC(F)(F)F)NC(=O)c1cc(Br)ccc1NN(S)C(C)(C)C. The molecule has 0 saturated carbocycles. The van der Waals surface area contributed by atoms with E-state index < -0.39 is 18.5 Å². The second-order valence-electron chi connectivity index (χ2n) is 6.46. The fourth-order valence-corrected chi connectivity index (χ4v) is 2.14. The van der Waals surface area contributed by atoms with E-state index in [0.29, 0.717) is 10.2 Å². The monoisotopic (exact) mass is 439 g/mol. The van der Waals surface area contributed by atoms with Crippen LogP contribution in [-0.4, -0.2) is 22.0 Å². The number of benzene rings is 1. The molecule has 2 N–H and O–H groups in total. The molecule has 0 atom stereocenters. The molecular weight excluding hydrogens is 419 g/mol. The van der Waals surface area contributed by atoms with Crippen molar-refractivity contribution >= 4 is 40.3 Å². The molecule has 0 unspecified atom stereocenters. The summed E-state index contributed by atoms with van der Waals surface area (Å²) in [7, 11) is 0. The van der Waals surface area contributed by atoms with Crippen molar-refractivity contribution in [1.29, 1.82) is 0 Å². The Morgan fingerprint density at radius 2 is 1.92 bits per heavy atom. The molecule has 0 spiro atoms. The number of amides is 1. The van der Waals surface area contributed by atoms with Crippen LogP contribution in [0.3, 0.4) is 0 Å². The molecule has 1 amide bonds. The van der Waals surface area contributed by atoms with Gasteiger partial charge in [0, 0.05) is 22.1 Å². The number of hydrogen-bond donors (Lipinski definition) is 3. The first-order chi connectivity index (χ1) is 11.3. The second-order valence-corrected chi connectivity index (χ2v) is 7.77. The first-order valence-electron chi connectivity index (χ1n) is 7.41. The predicted octanol–water partition coefficient (Wildman–Crippen LogP) is 5.31. The summed E-state index contributed by atoms with van der Waals surface area (Å²) in [6.07, 6.45) is -5.70. The largest absolute Gasteiger partial charge is 0.389 e. The molecule has 140 valence electrons. The standard InChI is InChI=1S/C16H21BrF3N3OS/c1-10(7-8-16(18,19)20)21-14(24)12-9-11(17)5-6-13(12)22-23(25)15(2,3)4/h5-6,9,22,25H,1,7-8H2,2-4H3,(H,21,24). The molecule has 9 heteroatoms. The van der Waals surface area contributed by atoms with E-state index in [9.17, 15) is 18.0 Å². The molecule has 0 aliphatic heterocycles. The Bertz CT molecular complexity index is 644. The number of alkyl halides is 3. The normalized spacial score (nSPS) is 12.2. The highest BCUT2D eigenvalue weighted by atomic mass is 79.9. The molecule has 0 fully saturated rings. The number of hydrogen-bond acceptors (Lipinski definition) is 4. The minimum Gasteiger partial charge on any atom is -0.326 e. The van der Waals surface area contributed by atoms with E-state index in [-0.39, 0.29) is 23.2 Å². The van der Waals surface area contributed by atoms with Crippen LogP contribution in [0.2, 0.25) is 0 Å². The molecule has 0 saturated heterocycles. The molecule has 1 aromatic carbocycles. The molecule has 0 bridgehead atoms. The first-order valence-corrected chi connectivity index (χ1v) is 8.60. The minimum atomic E-state index is -4.30. The second kappa shape index (κ2) is 8.46. The third-order valence-corrected chi connectivity index (χ3v) is 4.28. The number of thiol groups is 1. The van der Waals surface area contributed by atoms with Gasteiger partial charge in [0.25, 0.3) is 5.91 Å². The lowest BCUT2D eigenvalue weighted by molar-refractivity contribution is -0.134. The van der Waals surface area contributed by atoms with Crippen LogP contribution in [0.25, 0.3) is 0 Å². The Kier molecular flexibility index (Phi) is 7.40. The topological polar surface area (TPSA) is 44.4 Å². The summed E-state index contributed by atoms with van der Waals surface area (Å²) in [6.45, 7) is 9.25. The van der Waals surface area contributed by atoms with Gasteiger partial charge in [-0.25, -0.2) is 0 Å². The van der Waals surface area contributed by atoms with Crippen molar-refractivity contribution in [3.63, 3.8) is 0 Å².